The van der Waals surface area contributed by atoms with Gasteiger partial charge in [-0.1, -0.05) is 104 Å². The van der Waals surface area contributed by atoms with E-state index < -0.39 is 0 Å². The highest BCUT2D eigenvalue weighted by molar-refractivity contribution is 9.10. The van der Waals surface area contributed by atoms with Crippen LogP contribution in [0.2, 0.25) is 0 Å². The van der Waals surface area contributed by atoms with Crippen LogP contribution in [0.5, 0.6) is 0 Å². The largest absolute Gasteiger partial charge is 0.302 e. The fraction of sp³-hybridized carbons (Fsp3) is 0.136. The van der Waals surface area contributed by atoms with Gasteiger partial charge < -0.3 is 9.80 Å². The highest BCUT2D eigenvalue weighted by atomic mass is 79.9. The number of halogens is 1. The fourth-order valence-corrected chi connectivity index (χ4v) is 10.1. The van der Waals surface area contributed by atoms with Gasteiger partial charge >= 0.3 is 0 Å². The number of fused-ring (bicyclic) bond motifs is 6. The van der Waals surface area contributed by atoms with E-state index in [0.29, 0.717) is 0 Å². The first-order valence-electron chi connectivity index (χ1n) is 16.7. The molecule has 5 heteroatoms. The molecular formula is C44H35BrN2S2. The van der Waals surface area contributed by atoms with Gasteiger partial charge in [-0.05, 0) is 122 Å². The van der Waals surface area contributed by atoms with Gasteiger partial charge in [-0.25, -0.2) is 0 Å². The third-order valence-corrected chi connectivity index (χ3v) is 12.7. The van der Waals surface area contributed by atoms with Gasteiger partial charge in [0.25, 0.3) is 0 Å². The number of benzene rings is 5. The number of hydrogen-bond donors (Lipinski definition) is 0. The topological polar surface area (TPSA) is 6.48 Å². The predicted molar refractivity (Wildman–Crippen MR) is 214 cm³/mol. The molecular weight excluding hydrogens is 701 g/mol. The lowest BCUT2D eigenvalue weighted by molar-refractivity contribution is 0.660. The monoisotopic (exact) mass is 734 g/mol. The number of hydrogen-bond acceptors (Lipinski definition) is 4. The van der Waals surface area contributed by atoms with Crippen LogP contribution >= 0.6 is 38.6 Å². The Balaban J connectivity index is 1.19. The molecule has 0 amide bonds. The Bertz CT molecular complexity index is 2210. The van der Waals surface area contributed by atoms with Crippen molar-refractivity contribution in [3.63, 3.8) is 0 Å². The molecule has 5 aromatic carbocycles. The molecule has 2 heterocycles. The molecule has 240 valence electrons. The van der Waals surface area contributed by atoms with E-state index in [0.717, 1.165) is 27.2 Å². The van der Waals surface area contributed by atoms with E-state index in [2.05, 4.69) is 192 Å². The Kier molecular flexibility index (Phi) is 7.07. The maximum atomic E-state index is 3.95. The zero-order valence-electron chi connectivity index (χ0n) is 27.9. The van der Waals surface area contributed by atoms with Crippen LogP contribution in [0.4, 0.5) is 32.8 Å². The number of anilines is 6. The Morgan fingerprint density at radius 2 is 0.857 bits per heavy atom. The van der Waals surface area contributed by atoms with Gasteiger partial charge in [-0.2, -0.15) is 0 Å². The summed E-state index contributed by atoms with van der Waals surface area (Å²) in [6, 6.07) is 47.3. The summed E-state index contributed by atoms with van der Waals surface area (Å²) >= 11 is 7.47. The van der Waals surface area contributed by atoms with Crippen LogP contribution in [-0.2, 0) is 10.8 Å². The molecule has 0 bridgehead atoms. The zero-order chi connectivity index (χ0) is 33.5. The van der Waals surface area contributed by atoms with Crippen LogP contribution in [0.25, 0.3) is 22.3 Å². The maximum absolute atomic E-state index is 3.95. The first-order valence-corrected chi connectivity index (χ1v) is 19.2. The van der Waals surface area contributed by atoms with E-state index in [1.165, 1.54) is 54.5 Å². The molecule has 0 unspecified atom stereocenters. The maximum Gasteiger partial charge on any atom is 0.0999 e. The second-order valence-corrected chi connectivity index (χ2v) is 16.8. The summed E-state index contributed by atoms with van der Waals surface area (Å²) in [5, 5.41) is 6.68. The van der Waals surface area contributed by atoms with Gasteiger partial charge in [0.05, 0.1) is 21.4 Å². The van der Waals surface area contributed by atoms with Gasteiger partial charge in [0.15, 0.2) is 0 Å². The molecule has 9 rings (SSSR count). The van der Waals surface area contributed by atoms with Crippen molar-refractivity contribution in [2.24, 2.45) is 0 Å². The average molecular weight is 736 g/mol. The van der Waals surface area contributed by atoms with Crippen molar-refractivity contribution in [3.05, 3.63) is 165 Å². The van der Waals surface area contributed by atoms with Crippen molar-refractivity contribution in [2.45, 2.75) is 38.5 Å². The average Bonchev–Trinajstić information content (AvgIpc) is 3.90. The summed E-state index contributed by atoms with van der Waals surface area (Å²) in [6.45, 7) is 9.40. The van der Waals surface area contributed by atoms with E-state index in [1.807, 2.05) is 0 Å². The lowest BCUT2D eigenvalue weighted by Crippen LogP contribution is -2.17. The SMILES string of the molecule is CC1(C)c2ccccc2-c2ccc(N(c3cc(Br)cc(N(c4ccc5c(c4)C(C)(C)c4ccccc4-5)c4cccs4)c3)c3cccs3)cc21. The van der Waals surface area contributed by atoms with Gasteiger partial charge in [0.2, 0.25) is 0 Å². The molecule has 49 heavy (non-hydrogen) atoms. The Morgan fingerprint density at radius 3 is 1.29 bits per heavy atom. The Labute approximate surface area is 305 Å². The van der Waals surface area contributed by atoms with E-state index in [9.17, 15) is 0 Å². The van der Waals surface area contributed by atoms with Crippen molar-refractivity contribution in [1.82, 2.24) is 0 Å². The van der Waals surface area contributed by atoms with Gasteiger partial charge in [-0.3, -0.25) is 0 Å². The third kappa shape index (κ3) is 4.78. The molecule has 2 aliphatic carbocycles. The molecule has 0 atom stereocenters. The summed E-state index contributed by atoms with van der Waals surface area (Å²) in [6.07, 6.45) is 0. The summed E-state index contributed by atoms with van der Waals surface area (Å²) < 4.78 is 1.03. The van der Waals surface area contributed by atoms with Gasteiger partial charge in [0.1, 0.15) is 0 Å². The molecule has 0 fully saturated rings. The smallest absolute Gasteiger partial charge is 0.0999 e. The second kappa shape index (κ2) is 11.3. The van der Waals surface area contributed by atoms with Crippen molar-refractivity contribution in [1.29, 1.82) is 0 Å². The summed E-state index contributed by atoms with van der Waals surface area (Å²) in [7, 11) is 0. The minimum absolute atomic E-state index is 0.0809. The molecule has 0 N–H and O–H groups in total. The summed E-state index contributed by atoms with van der Waals surface area (Å²) in [4.78, 5) is 4.82. The number of thiophene rings is 2. The molecule has 0 saturated carbocycles. The Hall–Kier alpha value is -4.42. The molecule has 2 aliphatic rings. The second-order valence-electron chi connectivity index (χ2n) is 14.0. The third-order valence-electron chi connectivity index (χ3n) is 10.5. The first kappa shape index (κ1) is 30.6. The normalized spacial score (nSPS) is 14.6. The van der Waals surface area contributed by atoms with Gasteiger partial charge in [-0.15, -0.1) is 22.7 Å². The van der Waals surface area contributed by atoms with Crippen LogP contribution in [0.3, 0.4) is 0 Å². The quantitative estimate of drug-likeness (QED) is 0.168. The van der Waals surface area contributed by atoms with Gasteiger partial charge in [0, 0.05) is 26.7 Å². The number of nitrogens with zero attached hydrogens (tertiary/aromatic N) is 2. The lowest BCUT2D eigenvalue weighted by atomic mass is 9.82. The van der Waals surface area contributed by atoms with Crippen LogP contribution < -0.4 is 9.80 Å². The van der Waals surface area contributed by atoms with Crippen molar-refractivity contribution >= 4 is 71.4 Å². The van der Waals surface area contributed by atoms with Crippen LogP contribution in [-0.4, -0.2) is 0 Å². The molecule has 2 nitrogen and oxygen atoms in total. The molecule has 7 aromatic rings. The molecule has 0 aliphatic heterocycles. The van der Waals surface area contributed by atoms with E-state index >= 15 is 0 Å². The Morgan fingerprint density at radius 1 is 0.429 bits per heavy atom. The van der Waals surface area contributed by atoms with Crippen LogP contribution in [0.15, 0.2) is 143 Å². The molecule has 0 radical (unpaired) electrons. The minimum Gasteiger partial charge on any atom is -0.302 e. The van der Waals surface area contributed by atoms with Crippen molar-refractivity contribution in [2.75, 3.05) is 9.80 Å². The van der Waals surface area contributed by atoms with Crippen molar-refractivity contribution in [3.8, 4) is 22.3 Å². The van der Waals surface area contributed by atoms with Crippen molar-refractivity contribution < 1.29 is 0 Å². The highest BCUT2D eigenvalue weighted by Gasteiger charge is 2.37. The molecule has 0 spiro atoms. The highest BCUT2D eigenvalue weighted by Crippen LogP contribution is 2.53. The first-order chi connectivity index (χ1) is 23.7. The zero-order valence-corrected chi connectivity index (χ0v) is 31.1. The minimum atomic E-state index is -0.0809. The number of rotatable bonds is 6. The van der Waals surface area contributed by atoms with Crippen LogP contribution in [0.1, 0.15) is 49.9 Å². The predicted octanol–water partition coefficient (Wildman–Crippen LogP) is 14.1. The molecule has 0 saturated heterocycles. The fourth-order valence-electron chi connectivity index (χ4n) is 8.08. The van der Waals surface area contributed by atoms with E-state index in [4.69, 9.17) is 0 Å². The summed E-state index contributed by atoms with van der Waals surface area (Å²) in [5.41, 5.74) is 15.2. The van der Waals surface area contributed by atoms with E-state index in [-0.39, 0.29) is 10.8 Å². The molecule has 2 aromatic heterocycles. The van der Waals surface area contributed by atoms with Crippen LogP contribution in [0, 0.1) is 0 Å². The van der Waals surface area contributed by atoms with E-state index in [1.54, 1.807) is 22.7 Å². The lowest BCUT2D eigenvalue weighted by Gasteiger charge is -2.30. The standard InChI is InChI=1S/C44H35BrN2S2/c1-43(2)37-13-7-5-11-33(37)35-19-17-29(26-39(35)43)46(41-15-9-21-48-41)31-23-28(45)24-32(25-31)47(42-16-10-22-49-42)30-18-20-36-34-12-6-8-14-38(34)44(3,4)40(36)27-30/h5-27H,1-4H3. The summed E-state index contributed by atoms with van der Waals surface area (Å²) in [5.74, 6) is 0.